The van der Waals surface area contributed by atoms with E-state index in [1.807, 2.05) is 61.5 Å². The number of benzene rings is 3. The van der Waals surface area contributed by atoms with Gasteiger partial charge in [0.25, 0.3) is 5.91 Å². The predicted molar refractivity (Wildman–Crippen MR) is 163 cm³/mol. The predicted octanol–water partition coefficient (Wildman–Crippen LogP) is 5.60. The number of anilines is 2. The normalized spacial score (nSPS) is 11.1. The molecule has 0 bridgehead atoms. The van der Waals surface area contributed by atoms with E-state index in [4.69, 9.17) is 4.74 Å². The molecule has 3 rings (SSSR count). The second kappa shape index (κ2) is 14.9. The van der Waals surface area contributed by atoms with E-state index in [1.54, 1.807) is 62.1 Å². The van der Waals surface area contributed by atoms with Crippen molar-refractivity contribution in [1.29, 1.82) is 0 Å². The number of carbonyl (C=O) groups is 3. The van der Waals surface area contributed by atoms with Crippen molar-refractivity contribution in [2.45, 2.75) is 39.3 Å². The van der Waals surface area contributed by atoms with Crippen LogP contribution in [0.3, 0.4) is 0 Å². The Balaban J connectivity index is 1.61. The van der Waals surface area contributed by atoms with Crippen LogP contribution in [0.15, 0.2) is 78.9 Å². The second-order valence-corrected chi connectivity index (χ2v) is 11.0. The Morgan fingerprint density at radius 1 is 0.756 bits per heavy atom. The van der Waals surface area contributed by atoms with Gasteiger partial charge in [-0.1, -0.05) is 54.6 Å². The van der Waals surface area contributed by atoms with Gasteiger partial charge in [0.05, 0.1) is 11.4 Å². The zero-order valence-electron chi connectivity index (χ0n) is 24.6. The number of amides is 4. The molecular weight excluding hydrogens is 518 g/mol. The van der Waals surface area contributed by atoms with Gasteiger partial charge in [0.1, 0.15) is 5.60 Å². The van der Waals surface area contributed by atoms with Gasteiger partial charge >= 0.3 is 12.1 Å². The Hall–Kier alpha value is -4.37. The van der Waals surface area contributed by atoms with Gasteiger partial charge in [-0.3, -0.25) is 10.1 Å². The van der Waals surface area contributed by atoms with Gasteiger partial charge < -0.3 is 25.2 Å². The minimum Gasteiger partial charge on any atom is -0.444 e. The molecule has 4 amide bonds. The highest BCUT2D eigenvalue weighted by atomic mass is 16.6. The van der Waals surface area contributed by atoms with Gasteiger partial charge in [-0.05, 0) is 76.7 Å². The van der Waals surface area contributed by atoms with E-state index >= 15 is 0 Å². The van der Waals surface area contributed by atoms with Gasteiger partial charge in [0.2, 0.25) is 0 Å². The summed E-state index contributed by atoms with van der Waals surface area (Å²) in [5.41, 5.74) is 2.77. The first-order valence-corrected chi connectivity index (χ1v) is 13.7. The highest BCUT2D eigenvalue weighted by molar-refractivity contribution is 6.06. The summed E-state index contributed by atoms with van der Waals surface area (Å²) in [6.07, 6.45) is 0.153. The van der Waals surface area contributed by atoms with E-state index in [2.05, 4.69) is 16.0 Å². The fourth-order valence-corrected chi connectivity index (χ4v) is 3.93. The molecule has 0 unspecified atom stereocenters. The van der Waals surface area contributed by atoms with E-state index in [-0.39, 0.29) is 11.9 Å². The zero-order chi connectivity index (χ0) is 29.8. The number of urea groups is 1. The van der Waals surface area contributed by atoms with Crippen molar-refractivity contribution in [3.05, 3.63) is 95.6 Å². The van der Waals surface area contributed by atoms with Crippen LogP contribution in [-0.4, -0.2) is 67.2 Å². The Kier molecular flexibility index (Phi) is 11.3. The van der Waals surface area contributed by atoms with Crippen molar-refractivity contribution in [1.82, 2.24) is 15.1 Å². The zero-order valence-corrected chi connectivity index (χ0v) is 24.6. The van der Waals surface area contributed by atoms with Gasteiger partial charge in [-0.15, -0.1) is 0 Å². The summed E-state index contributed by atoms with van der Waals surface area (Å²) in [5.74, 6) is -0.321. The van der Waals surface area contributed by atoms with E-state index in [9.17, 15) is 14.4 Å². The van der Waals surface area contributed by atoms with Crippen LogP contribution in [-0.2, 0) is 17.7 Å². The molecule has 0 atom stereocenters. The molecule has 218 valence electrons. The first kappa shape index (κ1) is 31.2. The maximum Gasteiger partial charge on any atom is 0.412 e. The van der Waals surface area contributed by atoms with E-state index in [1.165, 1.54) is 5.56 Å². The topological polar surface area (TPSA) is 103 Å². The summed E-state index contributed by atoms with van der Waals surface area (Å²) in [5, 5.41) is 8.57. The fraction of sp³-hybridized carbons (Fsp3) is 0.344. The molecule has 0 heterocycles. The minimum atomic E-state index is -0.644. The minimum absolute atomic E-state index is 0.126. The highest BCUT2D eigenvalue weighted by Crippen LogP contribution is 2.23. The van der Waals surface area contributed by atoms with Crippen molar-refractivity contribution < 1.29 is 19.1 Å². The molecule has 0 aromatic heterocycles. The molecule has 3 aromatic carbocycles. The Labute approximate surface area is 242 Å². The number of nitrogens with zero attached hydrogens (tertiary/aromatic N) is 2. The lowest BCUT2D eigenvalue weighted by atomic mass is 10.1. The highest BCUT2D eigenvalue weighted by Gasteiger charge is 2.18. The Bertz CT molecular complexity index is 1290. The summed E-state index contributed by atoms with van der Waals surface area (Å²) in [6.45, 7) is 7.59. The van der Waals surface area contributed by atoms with Crippen LogP contribution in [0.4, 0.5) is 21.0 Å². The van der Waals surface area contributed by atoms with Crippen LogP contribution in [0.5, 0.6) is 0 Å². The van der Waals surface area contributed by atoms with Crippen LogP contribution in [0.25, 0.3) is 0 Å². The molecule has 0 fully saturated rings. The molecule has 0 aliphatic rings. The van der Waals surface area contributed by atoms with Gasteiger partial charge in [0, 0.05) is 31.7 Å². The maximum absolute atomic E-state index is 13.0. The van der Waals surface area contributed by atoms with Crippen LogP contribution in [0.2, 0.25) is 0 Å². The largest absolute Gasteiger partial charge is 0.444 e. The third-order valence-electron chi connectivity index (χ3n) is 6.04. The molecule has 9 nitrogen and oxygen atoms in total. The smallest absolute Gasteiger partial charge is 0.412 e. The number of hydrogen-bond donors (Lipinski definition) is 3. The van der Waals surface area contributed by atoms with Crippen molar-refractivity contribution in [2.75, 3.05) is 44.4 Å². The van der Waals surface area contributed by atoms with Crippen LogP contribution >= 0.6 is 0 Å². The lowest BCUT2D eigenvalue weighted by Crippen LogP contribution is -2.43. The summed E-state index contributed by atoms with van der Waals surface area (Å²) < 4.78 is 5.32. The third-order valence-corrected chi connectivity index (χ3v) is 6.04. The maximum atomic E-state index is 13.0. The monoisotopic (exact) mass is 559 g/mol. The van der Waals surface area contributed by atoms with Gasteiger partial charge in [0.15, 0.2) is 0 Å². The molecule has 9 heteroatoms. The fourth-order valence-electron chi connectivity index (χ4n) is 3.93. The lowest BCUT2D eigenvalue weighted by molar-refractivity contribution is 0.0635. The summed E-state index contributed by atoms with van der Waals surface area (Å²) >= 11 is 0. The summed E-state index contributed by atoms with van der Waals surface area (Å²) in [4.78, 5) is 42.1. The van der Waals surface area contributed by atoms with Crippen LogP contribution in [0, 0.1) is 0 Å². The molecule has 0 radical (unpaired) electrons. The van der Waals surface area contributed by atoms with Crippen molar-refractivity contribution >= 4 is 29.4 Å². The number of carbonyl (C=O) groups excluding carboxylic acids is 3. The molecule has 3 N–H and O–H groups in total. The number of para-hydroxylation sites is 2. The Morgan fingerprint density at radius 3 is 1.98 bits per heavy atom. The summed E-state index contributed by atoms with van der Waals surface area (Å²) in [6, 6.07) is 24.0. The van der Waals surface area contributed by atoms with E-state index < -0.39 is 11.7 Å². The quantitative estimate of drug-likeness (QED) is 0.284. The summed E-state index contributed by atoms with van der Waals surface area (Å²) in [7, 11) is 3.94. The van der Waals surface area contributed by atoms with Crippen molar-refractivity contribution in [3.63, 3.8) is 0 Å². The standard InChI is InChI=1S/C32H41N5O4/c1-32(2,3)41-31(40)35-28-14-10-9-13-27(28)34-29(38)26-17-15-25(16-18-26)23-37(22-21-36(4)5)30(39)33-20-19-24-11-7-6-8-12-24/h6-18H,19-23H2,1-5H3,(H,33,39)(H,34,38)(H,35,40). The van der Waals surface area contributed by atoms with Crippen molar-refractivity contribution in [3.8, 4) is 0 Å². The third kappa shape index (κ3) is 11.0. The molecule has 0 aliphatic heterocycles. The van der Waals surface area contributed by atoms with E-state index in [0.717, 1.165) is 18.5 Å². The molecule has 0 saturated carbocycles. The first-order valence-electron chi connectivity index (χ1n) is 13.7. The second-order valence-electron chi connectivity index (χ2n) is 11.0. The molecule has 0 aliphatic carbocycles. The number of ether oxygens (including phenoxy) is 1. The van der Waals surface area contributed by atoms with Crippen LogP contribution in [0.1, 0.15) is 42.3 Å². The van der Waals surface area contributed by atoms with Crippen molar-refractivity contribution in [2.24, 2.45) is 0 Å². The molecular formula is C32H41N5O4. The van der Waals surface area contributed by atoms with Gasteiger partial charge in [-0.2, -0.15) is 0 Å². The average molecular weight is 560 g/mol. The number of hydrogen-bond acceptors (Lipinski definition) is 5. The number of nitrogens with one attached hydrogen (secondary N) is 3. The lowest BCUT2D eigenvalue weighted by Gasteiger charge is -2.25. The molecule has 3 aromatic rings. The molecule has 0 saturated heterocycles. The van der Waals surface area contributed by atoms with Crippen LogP contribution < -0.4 is 16.0 Å². The van der Waals surface area contributed by atoms with E-state index in [0.29, 0.717) is 36.6 Å². The Morgan fingerprint density at radius 2 is 1.37 bits per heavy atom. The SMILES string of the molecule is CN(C)CCN(Cc1ccc(C(=O)Nc2ccccc2NC(=O)OC(C)(C)C)cc1)C(=O)NCCc1ccccc1. The molecule has 41 heavy (non-hydrogen) atoms. The number of rotatable bonds is 11. The molecule has 0 spiro atoms. The first-order chi connectivity index (χ1) is 19.5. The van der Waals surface area contributed by atoms with Gasteiger partial charge in [-0.25, -0.2) is 9.59 Å². The average Bonchev–Trinajstić information content (AvgIpc) is 2.91. The number of likely N-dealkylation sites (N-methyl/N-ethyl adjacent to an activating group) is 1.